The molecule has 0 aliphatic rings. The van der Waals surface area contributed by atoms with Crippen molar-refractivity contribution in [2.45, 2.75) is 20.5 Å². The van der Waals surface area contributed by atoms with Crippen LogP contribution in [0.15, 0.2) is 41.6 Å². The third-order valence-corrected chi connectivity index (χ3v) is 3.22. The van der Waals surface area contributed by atoms with Gasteiger partial charge in [-0.05, 0) is 48.7 Å². The molecule has 0 amide bonds. The number of rotatable bonds is 4. The van der Waals surface area contributed by atoms with Crippen molar-refractivity contribution in [3.8, 4) is 5.75 Å². The van der Waals surface area contributed by atoms with Gasteiger partial charge in [-0.15, -0.1) is 0 Å². The molecule has 2 rings (SSSR count). The Bertz CT molecular complexity index is 684. The van der Waals surface area contributed by atoms with Crippen molar-refractivity contribution in [2.24, 2.45) is 10.9 Å². The molecular formula is C16H17FN2O2. The minimum absolute atomic E-state index is 0.0512. The summed E-state index contributed by atoms with van der Waals surface area (Å²) in [6.45, 7) is 4.02. The number of benzene rings is 2. The van der Waals surface area contributed by atoms with Crippen LogP contribution in [0.5, 0.6) is 5.75 Å². The molecule has 0 aliphatic carbocycles. The van der Waals surface area contributed by atoms with E-state index >= 15 is 0 Å². The van der Waals surface area contributed by atoms with Crippen LogP contribution in [-0.2, 0) is 6.61 Å². The highest BCUT2D eigenvalue weighted by Gasteiger charge is 2.07. The molecule has 2 aromatic carbocycles. The maximum atomic E-state index is 13.6. The molecule has 110 valence electrons. The highest BCUT2D eigenvalue weighted by atomic mass is 19.1. The summed E-state index contributed by atoms with van der Waals surface area (Å²) in [7, 11) is 0. The lowest BCUT2D eigenvalue weighted by Gasteiger charge is -2.11. The zero-order valence-corrected chi connectivity index (χ0v) is 11.9. The van der Waals surface area contributed by atoms with Crippen molar-refractivity contribution in [2.75, 3.05) is 0 Å². The average Bonchev–Trinajstić information content (AvgIpc) is 2.48. The fourth-order valence-electron chi connectivity index (χ4n) is 1.95. The Morgan fingerprint density at radius 1 is 1.24 bits per heavy atom. The van der Waals surface area contributed by atoms with Crippen LogP contribution in [0.1, 0.15) is 22.3 Å². The summed E-state index contributed by atoms with van der Waals surface area (Å²) in [4.78, 5) is 0. The van der Waals surface area contributed by atoms with E-state index in [0.717, 1.165) is 16.7 Å². The third kappa shape index (κ3) is 3.51. The standard InChI is InChI=1S/C16H17FN2O2/c1-10-3-6-14(17)15(7-10)21-9-13-5-4-12(8-11(13)2)16(18)19-20/h3-8,20H,9H2,1-2H3,(H2,18,19). The lowest BCUT2D eigenvalue weighted by atomic mass is 10.1. The molecule has 21 heavy (non-hydrogen) atoms. The normalized spacial score (nSPS) is 11.5. The molecule has 0 unspecified atom stereocenters. The second-order valence-corrected chi connectivity index (χ2v) is 4.85. The number of aryl methyl sites for hydroxylation is 2. The first-order valence-corrected chi connectivity index (χ1v) is 6.47. The fourth-order valence-corrected chi connectivity index (χ4v) is 1.95. The minimum atomic E-state index is -0.383. The molecule has 0 aliphatic heterocycles. The van der Waals surface area contributed by atoms with Gasteiger partial charge in [-0.1, -0.05) is 23.4 Å². The molecule has 3 N–H and O–H groups in total. The molecule has 0 heterocycles. The molecule has 0 saturated heterocycles. The number of nitrogens with zero attached hydrogens (tertiary/aromatic N) is 1. The van der Waals surface area contributed by atoms with Gasteiger partial charge in [0.05, 0.1) is 0 Å². The predicted molar refractivity (Wildman–Crippen MR) is 79.2 cm³/mol. The molecule has 4 nitrogen and oxygen atoms in total. The molecule has 2 aromatic rings. The van der Waals surface area contributed by atoms with E-state index in [0.29, 0.717) is 5.56 Å². The number of oxime groups is 1. The zero-order valence-electron chi connectivity index (χ0n) is 11.9. The van der Waals surface area contributed by atoms with Gasteiger partial charge < -0.3 is 15.7 Å². The first-order chi connectivity index (χ1) is 10.0. The quantitative estimate of drug-likeness (QED) is 0.393. The Balaban J connectivity index is 2.15. The molecule has 0 aromatic heterocycles. The van der Waals surface area contributed by atoms with Crippen molar-refractivity contribution in [3.63, 3.8) is 0 Å². The highest BCUT2D eigenvalue weighted by molar-refractivity contribution is 5.97. The summed E-state index contributed by atoms with van der Waals surface area (Å²) < 4.78 is 19.1. The molecule has 0 spiro atoms. The Morgan fingerprint density at radius 3 is 2.67 bits per heavy atom. The number of hydrogen-bond donors (Lipinski definition) is 2. The average molecular weight is 288 g/mol. The summed E-state index contributed by atoms with van der Waals surface area (Å²) in [6.07, 6.45) is 0. The summed E-state index contributed by atoms with van der Waals surface area (Å²) in [5.74, 6) is -0.100. The number of halogens is 1. The Morgan fingerprint density at radius 2 is 2.00 bits per heavy atom. The molecule has 0 fully saturated rings. The van der Waals surface area contributed by atoms with E-state index in [2.05, 4.69) is 5.16 Å². The summed E-state index contributed by atoms with van der Waals surface area (Å²) >= 11 is 0. The van der Waals surface area contributed by atoms with Crippen molar-refractivity contribution in [1.29, 1.82) is 0 Å². The SMILES string of the molecule is Cc1ccc(F)c(OCc2ccc(/C(N)=N/O)cc2C)c1. The van der Waals surface area contributed by atoms with Gasteiger partial charge >= 0.3 is 0 Å². The van der Waals surface area contributed by atoms with E-state index < -0.39 is 0 Å². The maximum Gasteiger partial charge on any atom is 0.170 e. The van der Waals surface area contributed by atoms with Gasteiger partial charge in [0.2, 0.25) is 0 Å². The van der Waals surface area contributed by atoms with Gasteiger partial charge in [-0.2, -0.15) is 0 Å². The molecule has 0 radical (unpaired) electrons. The number of nitrogens with two attached hydrogens (primary N) is 1. The maximum absolute atomic E-state index is 13.6. The first kappa shape index (κ1) is 14.8. The van der Waals surface area contributed by atoms with E-state index in [4.69, 9.17) is 15.7 Å². The van der Waals surface area contributed by atoms with Gasteiger partial charge in [0, 0.05) is 5.56 Å². The van der Waals surface area contributed by atoms with E-state index in [-0.39, 0.29) is 24.0 Å². The summed E-state index contributed by atoms with van der Waals surface area (Å²) in [6, 6.07) is 10.1. The zero-order chi connectivity index (χ0) is 15.4. The van der Waals surface area contributed by atoms with Gasteiger partial charge in [-0.25, -0.2) is 4.39 Å². The van der Waals surface area contributed by atoms with Crippen molar-refractivity contribution >= 4 is 5.84 Å². The van der Waals surface area contributed by atoms with Crippen LogP contribution in [0.25, 0.3) is 0 Å². The Hall–Kier alpha value is -2.56. The van der Waals surface area contributed by atoms with E-state index in [1.807, 2.05) is 19.9 Å². The molecule has 0 bridgehead atoms. The van der Waals surface area contributed by atoms with Crippen LogP contribution < -0.4 is 10.5 Å². The van der Waals surface area contributed by atoms with Gasteiger partial charge in [0.25, 0.3) is 0 Å². The predicted octanol–water partition coefficient (Wildman–Crippen LogP) is 3.12. The second-order valence-electron chi connectivity index (χ2n) is 4.85. The summed E-state index contributed by atoms with van der Waals surface area (Å²) in [5, 5.41) is 11.6. The van der Waals surface area contributed by atoms with Crippen LogP contribution in [0.2, 0.25) is 0 Å². The van der Waals surface area contributed by atoms with E-state index in [9.17, 15) is 4.39 Å². The number of ether oxygens (including phenoxy) is 1. The van der Waals surface area contributed by atoms with Crippen molar-refractivity contribution in [1.82, 2.24) is 0 Å². The van der Waals surface area contributed by atoms with Crippen LogP contribution in [0, 0.1) is 19.7 Å². The van der Waals surface area contributed by atoms with Crippen LogP contribution in [0.3, 0.4) is 0 Å². The van der Waals surface area contributed by atoms with Crippen molar-refractivity contribution < 1.29 is 14.3 Å². The topological polar surface area (TPSA) is 67.8 Å². The van der Waals surface area contributed by atoms with Crippen LogP contribution in [-0.4, -0.2) is 11.0 Å². The second kappa shape index (κ2) is 6.26. The lowest BCUT2D eigenvalue weighted by Crippen LogP contribution is -2.13. The molecule has 5 heteroatoms. The highest BCUT2D eigenvalue weighted by Crippen LogP contribution is 2.21. The molecule has 0 atom stereocenters. The largest absolute Gasteiger partial charge is 0.486 e. The number of hydrogen-bond acceptors (Lipinski definition) is 3. The van der Waals surface area contributed by atoms with E-state index in [1.54, 1.807) is 24.3 Å². The minimum Gasteiger partial charge on any atom is -0.486 e. The monoisotopic (exact) mass is 288 g/mol. The number of amidine groups is 1. The van der Waals surface area contributed by atoms with Gasteiger partial charge in [0.1, 0.15) is 6.61 Å². The molecule has 0 saturated carbocycles. The first-order valence-electron chi connectivity index (χ1n) is 6.47. The van der Waals surface area contributed by atoms with Crippen LogP contribution >= 0.6 is 0 Å². The molecular weight excluding hydrogens is 271 g/mol. The fraction of sp³-hybridized carbons (Fsp3) is 0.188. The van der Waals surface area contributed by atoms with Crippen LogP contribution in [0.4, 0.5) is 4.39 Å². The Labute approximate surface area is 122 Å². The van der Waals surface area contributed by atoms with E-state index in [1.165, 1.54) is 6.07 Å². The third-order valence-electron chi connectivity index (χ3n) is 3.22. The van der Waals surface area contributed by atoms with Gasteiger partial charge in [0.15, 0.2) is 17.4 Å². The van der Waals surface area contributed by atoms with Crippen molar-refractivity contribution in [3.05, 3.63) is 64.5 Å². The lowest BCUT2D eigenvalue weighted by molar-refractivity contribution is 0.289. The van der Waals surface area contributed by atoms with Gasteiger partial charge in [-0.3, -0.25) is 0 Å². The summed E-state index contributed by atoms with van der Waals surface area (Å²) in [5.41, 5.74) is 8.93. The Kier molecular flexibility index (Phi) is 4.42. The smallest absolute Gasteiger partial charge is 0.170 e.